The second-order valence-electron chi connectivity index (χ2n) is 7.83. The van der Waals surface area contributed by atoms with Crippen molar-refractivity contribution in [1.29, 1.82) is 0 Å². The predicted octanol–water partition coefficient (Wildman–Crippen LogP) is 7.52. The molecule has 1 heteroatoms. The average Bonchev–Trinajstić information content (AvgIpc) is 2.70. The largest absolute Gasteiger partial charge is 0.207 e. The van der Waals surface area contributed by atoms with Gasteiger partial charge in [0.05, 0.1) is 0 Å². The molecule has 142 valence electrons. The molecule has 27 heavy (non-hydrogen) atoms. The number of rotatable bonds is 6. The molecule has 1 fully saturated rings. The lowest BCUT2D eigenvalue weighted by Crippen LogP contribution is -2.11. The van der Waals surface area contributed by atoms with Crippen molar-refractivity contribution in [2.45, 2.75) is 71.1 Å². The Balaban J connectivity index is 1.65. The quantitative estimate of drug-likeness (QED) is 0.368. The monoisotopic (exact) mass is 362 g/mol. The summed E-state index contributed by atoms with van der Waals surface area (Å²) in [6, 6.07) is 14.5. The van der Waals surface area contributed by atoms with E-state index in [2.05, 4.69) is 49.1 Å². The Labute approximate surface area is 164 Å². The summed E-state index contributed by atoms with van der Waals surface area (Å²) >= 11 is 0. The highest BCUT2D eigenvalue weighted by molar-refractivity contribution is 5.64. The standard InChI is InChI=1S/C26H31F/c1-3-5-6-8-24-17-18-25(19-26(24)27)23-15-13-22(14-16-23)21-11-9-20(7-4-2)10-12-21/h13-21H,3,5-6,8-12H2,1-2H3. The number of unbranched alkanes of at least 4 members (excludes halogenated alkanes) is 2. The van der Waals surface area contributed by atoms with Gasteiger partial charge in [0.2, 0.25) is 0 Å². The molecule has 1 saturated carbocycles. The van der Waals surface area contributed by atoms with Gasteiger partial charge in [-0.2, -0.15) is 0 Å². The van der Waals surface area contributed by atoms with E-state index in [1.54, 1.807) is 6.07 Å². The number of halogens is 1. The van der Waals surface area contributed by atoms with Crippen molar-refractivity contribution in [3.8, 4) is 23.0 Å². The molecule has 0 unspecified atom stereocenters. The van der Waals surface area contributed by atoms with Crippen molar-refractivity contribution in [3.05, 3.63) is 59.4 Å². The van der Waals surface area contributed by atoms with Crippen LogP contribution in [0.5, 0.6) is 0 Å². The zero-order chi connectivity index (χ0) is 19.1. The molecule has 0 amide bonds. The third-order valence-corrected chi connectivity index (χ3v) is 5.89. The average molecular weight is 363 g/mol. The first-order valence-corrected chi connectivity index (χ1v) is 10.5. The first-order chi connectivity index (χ1) is 13.2. The van der Waals surface area contributed by atoms with Crippen molar-refractivity contribution >= 4 is 0 Å². The molecule has 0 spiro atoms. The van der Waals surface area contributed by atoms with E-state index in [-0.39, 0.29) is 5.82 Å². The molecule has 0 N–H and O–H groups in total. The zero-order valence-corrected chi connectivity index (χ0v) is 16.7. The first kappa shape index (κ1) is 19.7. The Bertz CT molecular complexity index is 783. The van der Waals surface area contributed by atoms with Gasteiger partial charge < -0.3 is 0 Å². The molecule has 0 bridgehead atoms. The summed E-state index contributed by atoms with van der Waals surface area (Å²) in [6.45, 7) is 4.11. The molecule has 1 aliphatic carbocycles. The number of benzene rings is 2. The van der Waals surface area contributed by atoms with Gasteiger partial charge in [-0.3, -0.25) is 0 Å². The molecular formula is C26H31F. The highest BCUT2D eigenvalue weighted by atomic mass is 19.1. The predicted molar refractivity (Wildman–Crippen MR) is 113 cm³/mol. The van der Waals surface area contributed by atoms with Crippen LogP contribution in [0, 0.1) is 23.6 Å². The van der Waals surface area contributed by atoms with Crippen molar-refractivity contribution in [3.63, 3.8) is 0 Å². The molecular weight excluding hydrogens is 331 g/mol. The number of aryl methyl sites for hydroxylation is 1. The van der Waals surface area contributed by atoms with E-state index in [1.807, 2.05) is 13.0 Å². The topological polar surface area (TPSA) is 0 Å². The van der Waals surface area contributed by atoms with Crippen molar-refractivity contribution in [1.82, 2.24) is 0 Å². The van der Waals surface area contributed by atoms with Crippen LogP contribution in [0.2, 0.25) is 0 Å². The minimum Gasteiger partial charge on any atom is -0.207 e. The van der Waals surface area contributed by atoms with Gasteiger partial charge in [-0.25, -0.2) is 4.39 Å². The van der Waals surface area contributed by atoms with Crippen LogP contribution in [-0.2, 0) is 6.42 Å². The Kier molecular flexibility index (Phi) is 7.11. The summed E-state index contributed by atoms with van der Waals surface area (Å²) in [5.74, 6) is 7.55. The van der Waals surface area contributed by atoms with Gasteiger partial charge in [0.1, 0.15) is 5.82 Å². The molecule has 0 nitrogen and oxygen atoms in total. The van der Waals surface area contributed by atoms with E-state index >= 15 is 0 Å². The van der Waals surface area contributed by atoms with E-state index < -0.39 is 0 Å². The fourth-order valence-corrected chi connectivity index (χ4v) is 4.22. The lowest BCUT2D eigenvalue weighted by molar-refractivity contribution is 0.384. The van der Waals surface area contributed by atoms with Crippen LogP contribution >= 0.6 is 0 Å². The molecule has 1 aliphatic rings. The third kappa shape index (κ3) is 5.23. The van der Waals surface area contributed by atoms with Gasteiger partial charge in [0.25, 0.3) is 0 Å². The summed E-state index contributed by atoms with van der Waals surface area (Å²) in [5.41, 5.74) is 4.33. The maximum absolute atomic E-state index is 14.4. The Morgan fingerprint density at radius 1 is 0.926 bits per heavy atom. The van der Waals surface area contributed by atoms with Crippen LogP contribution < -0.4 is 0 Å². The molecule has 3 rings (SSSR count). The van der Waals surface area contributed by atoms with E-state index in [0.29, 0.717) is 11.8 Å². The van der Waals surface area contributed by atoms with Crippen molar-refractivity contribution in [2.24, 2.45) is 5.92 Å². The molecule has 0 atom stereocenters. The third-order valence-electron chi connectivity index (χ3n) is 5.89. The summed E-state index contributed by atoms with van der Waals surface area (Å²) < 4.78 is 14.4. The minimum atomic E-state index is -0.0666. The molecule has 0 radical (unpaired) electrons. The Morgan fingerprint density at radius 2 is 1.63 bits per heavy atom. The second kappa shape index (κ2) is 9.75. The van der Waals surface area contributed by atoms with Crippen LogP contribution in [0.25, 0.3) is 11.1 Å². The maximum atomic E-state index is 14.4. The number of hydrogen-bond acceptors (Lipinski definition) is 0. The van der Waals surface area contributed by atoms with Crippen LogP contribution in [0.4, 0.5) is 4.39 Å². The van der Waals surface area contributed by atoms with Gasteiger partial charge in [0, 0.05) is 5.92 Å². The van der Waals surface area contributed by atoms with Crippen LogP contribution in [-0.4, -0.2) is 0 Å². The van der Waals surface area contributed by atoms with E-state index in [9.17, 15) is 4.39 Å². The van der Waals surface area contributed by atoms with E-state index in [0.717, 1.165) is 36.0 Å². The zero-order valence-electron chi connectivity index (χ0n) is 16.7. The minimum absolute atomic E-state index is 0.0666. The maximum Gasteiger partial charge on any atom is 0.127 e. The van der Waals surface area contributed by atoms with Gasteiger partial charge >= 0.3 is 0 Å². The molecule has 0 aromatic heterocycles. The smallest absolute Gasteiger partial charge is 0.127 e. The molecule has 2 aromatic rings. The normalized spacial score (nSPS) is 19.4. The van der Waals surface area contributed by atoms with Crippen LogP contribution in [0.15, 0.2) is 42.5 Å². The van der Waals surface area contributed by atoms with Gasteiger partial charge in [-0.05, 0) is 79.7 Å². The Hall–Kier alpha value is -2.07. The van der Waals surface area contributed by atoms with Crippen LogP contribution in [0.1, 0.15) is 75.8 Å². The lowest BCUT2D eigenvalue weighted by Gasteiger charge is -2.26. The van der Waals surface area contributed by atoms with Gasteiger partial charge in [0.15, 0.2) is 0 Å². The van der Waals surface area contributed by atoms with E-state index in [4.69, 9.17) is 0 Å². The van der Waals surface area contributed by atoms with Gasteiger partial charge in [-0.1, -0.05) is 56.2 Å². The molecule has 0 saturated heterocycles. The molecule has 0 aliphatic heterocycles. The van der Waals surface area contributed by atoms with Crippen molar-refractivity contribution in [2.75, 3.05) is 0 Å². The SMILES string of the molecule is CC#CC1CCC(c2ccc(-c3ccc(CCCCC)c(F)c3)cc2)CC1. The highest BCUT2D eigenvalue weighted by Gasteiger charge is 2.21. The summed E-state index contributed by atoms with van der Waals surface area (Å²) in [6.07, 6.45) is 9.09. The molecule has 0 heterocycles. The van der Waals surface area contributed by atoms with Gasteiger partial charge in [-0.15, -0.1) is 11.8 Å². The fraction of sp³-hybridized carbons (Fsp3) is 0.462. The summed E-state index contributed by atoms with van der Waals surface area (Å²) in [5, 5.41) is 0. The lowest BCUT2D eigenvalue weighted by atomic mass is 9.79. The molecule has 2 aromatic carbocycles. The highest BCUT2D eigenvalue weighted by Crippen LogP contribution is 2.36. The Morgan fingerprint density at radius 3 is 2.26 bits per heavy atom. The first-order valence-electron chi connectivity index (χ1n) is 10.5. The second-order valence-corrected chi connectivity index (χ2v) is 7.83. The summed E-state index contributed by atoms with van der Waals surface area (Å²) in [4.78, 5) is 0. The summed E-state index contributed by atoms with van der Waals surface area (Å²) in [7, 11) is 0. The van der Waals surface area contributed by atoms with E-state index in [1.165, 1.54) is 37.7 Å². The van der Waals surface area contributed by atoms with Crippen LogP contribution in [0.3, 0.4) is 0 Å². The van der Waals surface area contributed by atoms with Crippen molar-refractivity contribution < 1.29 is 4.39 Å². The fourth-order valence-electron chi connectivity index (χ4n) is 4.22. The number of hydrogen-bond donors (Lipinski definition) is 0.